The van der Waals surface area contributed by atoms with Crippen LogP contribution in [0.25, 0.3) is 0 Å². The molecule has 0 aromatic rings. The van der Waals surface area contributed by atoms with Crippen LogP contribution >= 0.6 is 0 Å². The van der Waals surface area contributed by atoms with Crippen molar-refractivity contribution >= 4 is 11.9 Å². The van der Waals surface area contributed by atoms with E-state index < -0.39 is 18.2 Å². The predicted octanol–water partition coefficient (Wildman–Crippen LogP) is 0.379. The van der Waals surface area contributed by atoms with Gasteiger partial charge < -0.3 is 9.47 Å². The van der Waals surface area contributed by atoms with Crippen molar-refractivity contribution in [2.75, 3.05) is 0 Å². The van der Waals surface area contributed by atoms with Crippen LogP contribution in [0.1, 0.15) is 12.8 Å². The van der Waals surface area contributed by atoms with Gasteiger partial charge in [0, 0.05) is 0 Å². The van der Waals surface area contributed by atoms with E-state index >= 15 is 0 Å². The molecular weight excluding hydrogens is 148 g/mol. The number of hydrogen-bond donors (Lipinski definition) is 0. The summed E-state index contributed by atoms with van der Waals surface area (Å²) >= 11 is 0. The van der Waals surface area contributed by atoms with Crippen molar-refractivity contribution in [2.24, 2.45) is 0 Å². The van der Waals surface area contributed by atoms with Gasteiger partial charge in [-0.1, -0.05) is 6.58 Å². The average Bonchev–Trinajstić information content (AvgIpc) is 2.13. The summed E-state index contributed by atoms with van der Waals surface area (Å²) in [6, 6.07) is 0. The molecule has 0 atom stereocenters. The molecule has 1 aliphatic rings. The zero-order valence-electron chi connectivity index (χ0n) is 5.91. The van der Waals surface area contributed by atoms with E-state index in [1.165, 1.54) is 6.08 Å². The summed E-state index contributed by atoms with van der Waals surface area (Å²) < 4.78 is 9.26. The van der Waals surface area contributed by atoms with Crippen molar-refractivity contribution in [2.45, 2.75) is 19.1 Å². The number of esters is 2. The van der Waals surface area contributed by atoms with E-state index in [-0.39, 0.29) is 12.8 Å². The SMILES string of the molecule is C=CC1OC(=O)CCC(=O)O1. The molecule has 11 heavy (non-hydrogen) atoms. The van der Waals surface area contributed by atoms with E-state index in [4.69, 9.17) is 0 Å². The molecule has 0 N–H and O–H groups in total. The third-order valence-electron chi connectivity index (χ3n) is 1.22. The fraction of sp³-hybridized carbons (Fsp3) is 0.429. The van der Waals surface area contributed by atoms with Gasteiger partial charge in [-0.05, 0) is 6.08 Å². The van der Waals surface area contributed by atoms with E-state index in [0.717, 1.165) is 0 Å². The summed E-state index contributed by atoms with van der Waals surface area (Å²) in [5, 5.41) is 0. The smallest absolute Gasteiger partial charge is 0.309 e. The highest BCUT2D eigenvalue weighted by molar-refractivity contribution is 5.79. The Bertz CT molecular complexity index is 179. The average molecular weight is 156 g/mol. The molecule has 0 aromatic heterocycles. The Hall–Kier alpha value is -1.32. The quantitative estimate of drug-likeness (QED) is 0.406. The van der Waals surface area contributed by atoms with Gasteiger partial charge in [-0.2, -0.15) is 0 Å². The predicted molar refractivity (Wildman–Crippen MR) is 35.4 cm³/mol. The Morgan fingerprint density at radius 2 is 1.73 bits per heavy atom. The maximum Gasteiger partial charge on any atom is 0.309 e. The lowest BCUT2D eigenvalue weighted by Gasteiger charge is -2.08. The van der Waals surface area contributed by atoms with E-state index in [0.29, 0.717) is 0 Å². The molecule has 4 nitrogen and oxygen atoms in total. The Kier molecular flexibility index (Phi) is 2.25. The van der Waals surface area contributed by atoms with Crippen LogP contribution in [0.3, 0.4) is 0 Å². The summed E-state index contributed by atoms with van der Waals surface area (Å²) in [5.41, 5.74) is 0. The monoisotopic (exact) mass is 156 g/mol. The van der Waals surface area contributed by atoms with Crippen LogP contribution in [0.2, 0.25) is 0 Å². The van der Waals surface area contributed by atoms with Crippen molar-refractivity contribution in [3.05, 3.63) is 12.7 Å². The Morgan fingerprint density at radius 1 is 1.27 bits per heavy atom. The lowest BCUT2D eigenvalue weighted by atomic mass is 10.3. The van der Waals surface area contributed by atoms with E-state index in [1.54, 1.807) is 0 Å². The van der Waals surface area contributed by atoms with Gasteiger partial charge >= 0.3 is 11.9 Å². The molecule has 0 amide bonds. The number of carbonyl (C=O) groups excluding carboxylic acids is 2. The number of ether oxygens (including phenoxy) is 2. The zero-order valence-corrected chi connectivity index (χ0v) is 5.91. The lowest BCUT2D eigenvalue weighted by molar-refractivity contribution is -0.171. The third kappa shape index (κ3) is 2.07. The molecule has 1 heterocycles. The second-order valence-electron chi connectivity index (χ2n) is 2.08. The van der Waals surface area contributed by atoms with Crippen molar-refractivity contribution < 1.29 is 19.1 Å². The van der Waals surface area contributed by atoms with Crippen molar-refractivity contribution in [1.29, 1.82) is 0 Å². The molecule has 1 fully saturated rings. The number of rotatable bonds is 1. The minimum absolute atomic E-state index is 0.0865. The highest BCUT2D eigenvalue weighted by atomic mass is 16.7. The fourth-order valence-corrected chi connectivity index (χ4v) is 0.701. The van der Waals surface area contributed by atoms with Crippen LogP contribution in [0.15, 0.2) is 12.7 Å². The largest absolute Gasteiger partial charge is 0.421 e. The van der Waals surface area contributed by atoms with Gasteiger partial charge in [0.1, 0.15) is 0 Å². The van der Waals surface area contributed by atoms with Crippen LogP contribution in [-0.4, -0.2) is 18.2 Å². The maximum atomic E-state index is 10.7. The van der Waals surface area contributed by atoms with Crippen LogP contribution in [0, 0.1) is 0 Å². The molecule has 0 spiro atoms. The lowest BCUT2D eigenvalue weighted by Crippen LogP contribution is -2.16. The molecule has 4 heteroatoms. The van der Waals surface area contributed by atoms with Crippen molar-refractivity contribution in [1.82, 2.24) is 0 Å². The Balaban J connectivity index is 2.61. The van der Waals surface area contributed by atoms with E-state index in [9.17, 15) is 9.59 Å². The summed E-state index contributed by atoms with van der Waals surface area (Å²) in [5.74, 6) is -0.860. The third-order valence-corrected chi connectivity index (χ3v) is 1.22. The molecule has 0 aromatic carbocycles. The number of carbonyl (C=O) groups is 2. The van der Waals surface area contributed by atoms with Crippen molar-refractivity contribution in [3.63, 3.8) is 0 Å². The maximum absolute atomic E-state index is 10.7. The minimum Gasteiger partial charge on any atom is -0.421 e. The standard InChI is InChI=1S/C7H8O4/c1-2-7-10-5(8)3-4-6(9)11-7/h2,7H,1,3-4H2. The molecular formula is C7H8O4. The highest BCUT2D eigenvalue weighted by Gasteiger charge is 2.21. The molecule has 0 unspecified atom stereocenters. The van der Waals surface area contributed by atoms with Gasteiger partial charge in [0.05, 0.1) is 12.8 Å². The Morgan fingerprint density at radius 3 is 2.09 bits per heavy atom. The van der Waals surface area contributed by atoms with Gasteiger partial charge in [-0.15, -0.1) is 0 Å². The first-order valence-corrected chi connectivity index (χ1v) is 3.24. The summed E-state index contributed by atoms with van der Waals surface area (Å²) in [4.78, 5) is 21.4. The zero-order chi connectivity index (χ0) is 8.27. The van der Waals surface area contributed by atoms with Gasteiger partial charge in [-0.3, -0.25) is 9.59 Å². The van der Waals surface area contributed by atoms with Crippen LogP contribution < -0.4 is 0 Å². The van der Waals surface area contributed by atoms with Gasteiger partial charge in [0.15, 0.2) is 0 Å². The van der Waals surface area contributed by atoms with Gasteiger partial charge in [0.25, 0.3) is 6.29 Å². The fourth-order valence-electron chi connectivity index (χ4n) is 0.701. The van der Waals surface area contributed by atoms with Gasteiger partial charge in [-0.25, -0.2) is 0 Å². The molecule has 0 radical (unpaired) electrons. The Labute approximate surface area is 63.8 Å². The second kappa shape index (κ2) is 3.18. The summed E-state index contributed by atoms with van der Waals surface area (Å²) in [7, 11) is 0. The topological polar surface area (TPSA) is 52.6 Å². The molecule has 60 valence electrons. The molecule has 0 aliphatic carbocycles. The van der Waals surface area contributed by atoms with Crippen LogP contribution in [-0.2, 0) is 19.1 Å². The highest BCUT2D eigenvalue weighted by Crippen LogP contribution is 2.08. The molecule has 0 bridgehead atoms. The second-order valence-corrected chi connectivity index (χ2v) is 2.08. The first-order valence-electron chi connectivity index (χ1n) is 3.24. The first-order chi connectivity index (χ1) is 5.22. The van der Waals surface area contributed by atoms with Crippen molar-refractivity contribution in [3.8, 4) is 0 Å². The summed E-state index contributed by atoms with van der Waals surface area (Å²) in [6.45, 7) is 3.34. The molecule has 1 rings (SSSR count). The normalized spacial score (nSPS) is 20.0. The molecule has 1 aliphatic heterocycles. The van der Waals surface area contributed by atoms with Crippen LogP contribution in [0.5, 0.6) is 0 Å². The summed E-state index contributed by atoms with van der Waals surface area (Å²) in [6.07, 6.45) is 0.533. The number of cyclic esters (lactones) is 2. The molecule has 0 saturated carbocycles. The minimum atomic E-state index is -0.905. The number of hydrogen-bond acceptors (Lipinski definition) is 4. The van der Waals surface area contributed by atoms with Gasteiger partial charge in [0.2, 0.25) is 0 Å². The first kappa shape index (κ1) is 7.78. The van der Waals surface area contributed by atoms with E-state index in [1.807, 2.05) is 0 Å². The van der Waals surface area contributed by atoms with Crippen LogP contribution in [0.4, 0.5) is 0 Å². The van der Waals surface area contributed by atoms with E-state index in [2.05, 4.69) is 16.1 Å². The molecule has 1 saturated heterocycles.